The van der Waals surface area contributed by atoms with Crippen LogP contribution in [0.25, 0.3) is 11.0 Å². The molecule has 0 aliphatic carbocycles. The van der Waals surface area contributed by atoms with Crippen molar-refractivity contribution < 1.29 is 4.74 Å². The van der Waals surface area contributed by atoms with Crippen LogP contribution in [0.5, 0.6) is 0 Å². The van der Waals surface area contributed by atoms with E-state index in [1.54, 1.807) is 7.11 Å². The average molecular weight is 233 g/mol. The van der Waals surface area contributed by atoms with E-state index in [4.69, 9.17) is 10.5 Å². The van der Waals surface area contributed by atoms with E-state index in [1.807, 2.05) is 0 Å². The first-order chi connectivity index (χ1) is 8.17. The van der Waals surface area contributed by atoms with Crippen LogP contribution < -0.4 is 5.73 Å². The molecule has 2 N–H and O–H groups in total. The number of aryl methyl sites for hydroxylation is 1. The number of imidazole rings is 1. The van der Waals surface area contributed by atoms with Crippen molar-refractivity contribution >= 4 is 17.0 Å². The van der Waals surface area contributed by atoms with Gasteiger partial charge in [-0.1, -0.05) is 13.0 Å². The van der Waals surface area contributed by atoms with E-state index in [0.29, 0.717) is 12.6 Å². The summed E-state index contributed by atoms with van der Waals surface area (Å²) in [5, 5.41) is 0. The summed E-state index contributed by atoms with van der Waals surface area (Å²) in [6.07, 6.45) is 0.970. The second-order valence-corrected chi connectivity index (χ2v) is 4.35. The predicted molar refractivity (Wildman–Crippen MR) is 70.1 cm³/mol. The minimum atomic E-state index is 0.243. The Labute approximate surface area is 101 Å². The average Bonchev–Trinajstić information content (AvgIpc) is 2.61. The third kappa shape index (κ3) is 2.13. The molecule has 0 amide bonds. The fourth-order valence-electron chi connectivity index (χ4n) is 2.18. The van der Waals surface area contributed by atoms with Crippen molar-refractivity contribution in [3.05, 3.63) is 23.8 Å². The predicted octanol–water partition coefficient (Wildman–Crippen LogP) is 2.52. The Hall–Kier alpha value is -1.55. The molecule has 0 aliphatic rings. The molecule has 2 rings (SSSR count). The zero-order valence-corrected chi connectivity index (χ0v) is 10.6. The summed E-state index contributed by atoms with van der Waals surface area (Å²) in [4.78, 5) is 4.41. The maximum atomic E-state index is 6.01. The zero-order valence-electron chi connectivity index (χ0n) is 10.6. The number of aromatic nitrogens is 2. The summed E-state index contributed by atoms with van der Waals surface area (Å²) in [5.41, 5.74) is 9.24. The molecule has 4 nitrogen and oxygen atoms in total. The van der Waals surface area contributed by atoms with Crippen LogP contribution in [-0.4, -0.2) is 23.3 Å². The lowest BCUT2D eigenvalue weighted by Crippen LogP contribution is -2.15. The van der Waals surface area contributed by atoms with Gasteiger partial charge in [-0.15, -0.1) is 0 Å². The fraction of sp³-hybridized carbons (Fsp3) is 0.462. The maximum Gasteiger partial charge on any atom is 0.201 e. The van der Waals surface area contributed by atoms with E-state index < -0.39 is 0 Å². The number of nitrogen functional groups attached to an aromatic ring is 1. The van der Waals surface area contributed by atoms with Crippen molar-refractivity contribution in [3.63, 3.8) is 0 Å². The summed E-state index contributed by atoms with van der Waals surface area (Å²) in [6, 6.07) is 6.46. The van der Waals surface area contributed by atoms with Gasteiger partial charge in [0.15, 0.2) is 0 Å². The van der Waals surface area contributed by atoms with Crippen LogP contribution in [0.2, 0.25) is 0 Å². The van der Waals surface area contributed by atoms with Gasteiger partial charge >= 0.3 is 0 Å². The number of nitrogens with zero attached hydrogens (tertiary/aromatic N) is 2. The largest absolute Gasteiger partial charge is 0.383 e. The summed E-state index contributed by atoms with van der Waals surface area (Å²) in [6.45, 7) is 4.84. The molecular weight excluding hydrogens is 214 g/mol. The van der Waals surface area contributed by atoms with E-state index in [2.05, 4.69) is 41.6 Å². The number of fused-ring (bicyclic) bond motifs is 1. The van der Waals surface area contributed by atoms with Crippen LogP contribution in [0.3, 0.4) is 0 Å². The molecule has 1 atom stereocenters. The van der Waals surface area contributed by atoms with Gasteiger partial charge in [-0.05, 0) is 31.0 Å². The first-order valence-corrected chi connectivity index (χ1v) is 5.90. The van der Waals surface area contributed by atoms with Gasteiger partial charge in [0, 0.05) is 7.11 Å². The third-order valence-corrected chi connectivity index (χ3v) is 3.07. The monoisotopic (exact) mass is 233 g/mol. The minimum Gasteiger partial charge on any atom is -0.383 e. The number of methoxy groups -OCH3 is 1. The van der Waals surface area contributed by atoms with Gasteiger partial charge < -0.3 is 15.0 Å². The molecule has 17 heavy (non-hydrogen) atoms. The summed E-state index contributed by atoms with van der Waals surface area (Å²) < 4.78 is 7.31. The minimum absolute atomic E-state index is 0.243. The van der Waals surface area contributed by atoms with Crippen LogP contribution in [0.15, 0.2) is 18.2 Å². The highest BCUT2D eigenvalue weighted by atomic mass is 16.5. The number of anilines is 1. The van der Waals surface area contributed by atoms with E-state index in [9.17, 15) is 0 Å². The Kier molecular flexibility index (Phi) is 3.33. The zero-order chi connectivity index (χ0) is 12.4. The Balaban J connectivity index is 2.55. The molecule has 1 aromatic heterocycles. The molecule has 2 aromatic rings. The molecule has 4 heteroatoms. The first kappa shape index (κ1) is 11.9. The van der Waals surface area contributed by atoms with E-state index in [1.165, 1.54) is 5.56 Å². The SMILES string of the molecule is CCC(COC)n1c(N)nc2cc(C)ccc21. The molecule has 0 saturated carbocycles. The van der Waals surface area contributed by atoms with Gasteiger partial charge in [-0.3, -0.25) is 0 Å². The Morgan fingerprint density at radius 1 is 1.47 bits per heavy atom. The molecule has 0 fully saturated rings. The lowest BCUT2D eigenvalue weighted by Gasteiger charge is -2.18. The molecule has 0 radical (unpaired) electrons. The van der Waals surface area contributed by atoms with E-state index in [-0.39, 0.29) is 6.04 Å². The highest BCUT2D eigenvalue weighted by molar-refractivity contribution is 5.79. The van der Waals surface area contributed by atoms with Crippen LogP contribution in [0.1, 0.15) is 24.9 Å². The second kappa shape index (κ2) is 4.75. The molecule has 92 valence electrons. The number of hydrogen-bond acceptors (Lipinski definition) is 3. The van der Waals surface area contributed by atoms with Gasteiger partial charge in [0.1, 0.15) is 0 Å². The standard InChI is InChI=1S/C13H19N3O/c1-4-10(8-17-3)16-12-6-5-9(2)7-11(12)15-13(16)14/h5-7,10H,4,8H2,1-3H3,(H2,14,15). The van der Waals surface area contributed by atoms with Gasteiger partial charge in [-0.25, -0.2) is 4.98 Å². The van der Waals surface area contributed by atoms with Crippen LogP contribution in [0.4, 0.5) is 5.95 Å². The summed E-state index contributed by atoms with van der Waals surface area (Å²) >= 11 is 0. The number of nitrogens with two attached hydrogens (primary N) is 1. The fourth-order valence-corrected chi connectivity index (χ4v) is 2.18. The molecule has 0 bridgehead atoms. The van der Waals surface area contributed by atoms with Crippen LogP contribution in [0, 0.1) is 6.92 Å². The van der Waals surface area contributed by atoms with Crippen molar-refractivity contribution in [1.82, 2.24) is 9.55 Å². The molecule has 1 heterocycles. The Bertz CT molecular complexity index is 519. The van der Waals surface area contributed by atoms with Gasteiger partial charge in [0.2, 0.25) is 5.95 Å². The van der Waals surface area contributed by atoms with Crippen molar-refractivity contribution in [2.45, 2.75) is 26.3 Å². The second-order valence-electron chi connectivity index (χ2n) is 4.35. The van der Waals surface area contributed by atoms with Crippen molar-refractivity contribution in [1.29, 1.82) is 0 Å². The molecule has 1 unspecified atom stereocenters. The molecule has 0 saturated heterocycles. The maximum absolute atomic E-state index is 6.01. The Morgan fingerprint density at radius 3 is 2.88 bits per heavy atom. The van der Waals surface area contributed by atoms with Crippen molar-refractivity contribution in [3.8, 4) is 0 Å². The van der Waals surface area contributed by atoms with E-state index >= 15 is 0 Å². The quantitative estimate of drug-likeness (QED) is 0.882. The molecule has 0 spiro atoms. The van der Waals surface area contributed by atoms with Crippen LogP contribution >= 0.6 is 0 Å². The van der Waals surface area contributed by atoms with Crippen LogP contribution in [-0.2, 0) is 4.74 Å². The highest BCUT2D eigenvalue weighted by Gasteiger charge is 2.16. The Morgan fingerprint density at radius 2 is 2.24 bits per heavy atom. The van der Waals surface area contributed by atoms with Gasteiger partial charge in [0.05, 0.1) is 23.7 Å². The van der Waals surface area contributed by atoms with Crippen molar-refractivity contribution in [2.75, 3.05) is 19.5 Å². The third-order valence-electron chi connectivity index (χ3n) is 3.07. The molecule has 1 aromatic carbocycles. The number of benzene rings is 1. The molecule has 0 aliphatic heterocycles. The highest BCUT2D eigenvalue weighted by Crippen LogP contribution is 2.25. The number of hydrogen-bond donors (Lipinski definition) is 1. The first-order valence-electron chi connectivity index (χ1n) is 5.90. The summed E-state index contributed by atoms with van der Waals surface area (Å²) in [7, 11) is 1.71. The van der Waals surface area contributed by atoms with Gasteiger partial charge in [0.25, 0.3) is 0 Å². The smallest absolute Gasteiger partial charge is 0.201 e. The lowest BCUT2D eigenvalue weighted by molar-refractivity contribution is 0.155. The number of rotatable bonds is 4. The van der Waals surface area contributed by atoms with Crippen molar-refractivity contribution in [2.24, 2.45) is 0 Å². The summed E-state index contributed by atoms with van der Waals surface area (Å²) in [5.74, 6) is 0.564. The van der Waals surface area contributed by atoms with E-state index in [0.717, 1.165) is 17.5 Å². The topological polar surface area (TPSA) is 53.1 Å². The van der Waals surface area contributed by atoms with Gasteiger partial charge in [-0.2, -0.15) is 0 Å². The normalized spacial score (nSPS) is 13.1. The lowest BCUT2D eigenvalue weighted by atomic mass is 10.2. The molecular formula is C13H19N3O. The number of ether oxygens (including phenoxy) is 1.